The van der Waals surface area contributed by atoms with E-state index in [0.29, 0.717) is 31.4 Å². The molecule has 2 amide bonds. The second kappa shape index (κ2) is 6.63. The third-order valence-electron chi connectivity index (χ3n) is 3.04. The first-order valence-corrected chi connectivity index (χ1v) is 6.41. The second-order valence-electron chi connectivity index (χ2n) is 4.64. The van der Waals surface area contributed by atoms with Crippen LogP contribution in [0.4, 0.5) is 23.2 Å². The molecule has 0 spiro atoms. The van der Waals surface area contributed by atoms with Crippen molar-refractivity contribution in [1.82, 2.24) is 5.32 Å². The average molecular weight is 320 g/mol. The number of benzene rings is 1. The van der Waals surface area contributed by atoms with Crippen LogP contribution in [0, 0.1) is 11.6 Å². The van der Waals surface area contributed by atoms with Gasteiger partial charge in [-0.05, 0) is 12.8 Å². The first-order chi connectivity index (χ1) is 10.4. The number of anilines is 1. The molecule has 0 bridgehead atoms. The van der Waals surface area contributed by atoms with Crippen LogP contribution in [0.2, 0.25) is 0 Å². The Morgan fingerprint density at radius 2 is 2.05 bits per heavy atom. The predicted molar refractivity (Wildman–Crippen MR) is 67.4 cm³/mol. The molecular weight excluding hydrogens is 308 g/mol. The van der Waals surface area contributed by atoms with Crippen molar-refractivity contribution in [3.63, 3.8) is 0 Å². The minimum Gasteiger partial charge on any atom is -0.432 e. The Balaban J connectivity index is 2.10. The van der Waals surface area contributed by atoms with E-state index in [2.05, 4.69) is 15.4 Å². The molecule has 1 aliphatic rings. The summed E-state index contributed by atoms with van der Waals surface area (Å²) in [5, 5.41) is 4.53. The van der Waals surface area contributed by atoms with Crippen LogP contribution in [0.15, 0.2) is 12.1 Å². The molecule has 1 aromatic rings. The molecule has 5 nitrogen and oxygen atoms in total. The maximum atomic E-state index is 13.7. The Labute approximate surface area is 122 Å². The van der Waals surface area contributed by atoms with Gasteiger partial charge in [-0.25, -0.2) is 8.78 Å². The molecule has 1 heterocycles. The normalized spacial score (nSPS) is 18.0. The van der Waals surface area contributed by atoms with Crippen molar-refractivity contribution in [1.29, 1.82) is 0 Å². The number of nitrogens with one attached hydrogen (secondary N) is 2. The molecule has 0 saturated carbocycles. The number of hydrogen-bond donors (Lipinski definition) is 2. The Kier molecular flexibility index (Phi) is 4.84. The van der Waals surface area contributed by atoms with E-state index in [9.17, 15) is 27.2 Å². The van der Waals surface area contributed by atoms with E-state index in [4.69, 9.17) is 0 Å². The highest BCUT2D eigenvalue weighted by atomic mass is 19.3. The van der Waals surface area contributed by atoms with E-state index in [0.717, 1.165) is 0 Å². The van der Waals surface area contributed by atoms with Crippen LogP contribution in [-0.4, -0.2) is 24.5 Å². The Morgan fingerprint density at radius 1 is 1.32 bits per heavy atom. The van der Waals surface area contributed by atoms with Gasteiger partial charge < -0.3 is 15.4 Å². The van der Waals surface area contributed by atoms with Gasteiger partial charge in [0.2, 0.25) is 11.8 Å². The fourth-order valence-corrected chi connectivity index (χ4v) is 2.03. The van der Waals surface area contributed by atoms with Crippen molar-refractivity contribution < 1.29 is 31.9 Å². The fraction of sp³-hybridized carbons (Fsp3) is 0.385. The van der Waals surface area contributed by atoms with Crippen molar-refractivity contribution in [2.45, 2.75) is 31.9 Å². The van der Waals surface area contributed by atoms with Crippen molar-refractivity contribution in [3.8, 4) is 5.75 Å². The van der Waals surface area contributed by atoms with Crippen LogP contribution >= 0.6 is 0 Å². The van der Waals surface area contributed by atoms with Crippen LogP contribution in [0.25, 0.3) is 0 Å². The highest BCUT2D eigenvalue weighted by Gasteiger charge is 2.25. The monoisotopic (exact) mass is 320 g/mol. The Bertz CT molecular complexity index is 595. The maximum absolute atomic E-state index is 13.7. The lowest BCUT2D eigenvalue weighted by atomic mass is 10.0. The van der Waals surface area contributed by atoms with Gasteiger partial charge >= 0.3 is 6.61 Å². The summed E-state index contributed by atoms with van der Waals surface area (Å²) in [5.74, 6) is -4.36. The number of amides is 2. The van der Waals surface area contributed by atoms with E-state index >= 15 is 0 Å². The SMILES string of the molecule is O=C1CCCC(C(=O)Nc2cc(F)c(OC(F)F)cc2F)N1. The van der Waals surface area contributed by atoms with Crippen LogP contribution in [0.1, 0.15) is 19.3 Å². The zero-order valence-corrected chi connectivity index (χ0v) is 11.2. The number of carbonyl (C=O) groups is 2. The number of piperidine rings is 1. The van der Waals surface area contributed by atoms with E-state index in [-0.39, 0.29) is 5.91 Å². The highest BCUT2D eigenvalue weighted by Crippen LogP contribution is 2.26. The molecule has 0 aliphatic carbocycles. The summed E-state index contributed by atoms with van der Waals surface area (Å²) < 4.78 is 55.0. The fourth-order valence-electron chi connectivity index (χ4n) is 2.03. The lowest BCUT2D eigenvalue weighted by Gasteiger charge is -2.22. The Hall–Kier alpha value is -2.32. The molecule has 2 N–H and O–H groups in total. The molecule has 1 aromatic carbocycles. The van der Waals surface area contributed by atoms with Gasteiger partial charge in [0.1, 0.15) is 6.04 Å². The maximum Gasteiger partial charge on any atom is 0.387 e. The molecule has 22 heavy (non-hydrogen) atoms. The van der Waals surface area contributed by atoms with Crippen molar-refractivity contribution in [2.75, 3.05) is 5.32 Å². The molecule has 120 valence electrons. The van der Waals surface area contributed by atoms with Gasteiger partial charge in [-0.3, -0.25) is 9.59 Å². The van der Waals surface area contributed by atoms with Crippen molar-refractivity contribution in [3.05, 3.63) is 23.8 Å². The lowest BCUT2D eigenvalue weighted by molar-refractivity contribution is -0.128. The van der Waals surface area contributed by atoms with Gasteiger partial charge in [-0.1, -0.05) is 0 Å². The summed E-state index contributed by atoms with van der Waals surface area (Å²) in [4.78, 5) is 23.1. The summed E-state index contributed by atoms with van der Waals surface area (Å²) in [6.45, 7) is -3.30. The first kappa shape index (κ1) is 16.1. The van der Waals surface area contributed by atoms with E-state index < -0.39 is 41.6 Å². The van der Waals surface area contributed by atoms with E-state index in [1.807, 2.05) is 0 Å². The van der Waals surface area contributed by atoms with Gasteiger partial charge in [0.15, 0.2) is 17.4 Å². The lowest BCUT2D eigenvalue weighted by Crippen LogP contribution is -2.46. The second-order valence-corrected chi connectivity index (χ2v) is 4.64. The number of alkyl halides is 2. The van der Waals surface area contributed by atoms with Gasteiger partial charge in [0.25, 0.3) is 0 Å². The van der Waals surface area contributed by atoms with Crippen molar-refractivity contribution >= 4 is 17.5 Å². The van der Waals surface area contributed by atoms with Gasteiger partial charge in [-0.15, -0.1) is 0 Å². The summed E-state index contributed by atoms with van der Waals surface area (Å²) in [6.07, 6.45) is 1.17. The summed E-state index contributed by atoms with van der Waals surface area (Å²) in [5.41, 5.74) is -0.524. The summed E-state index contributed by atoms with van der Waals surface area (Å²) in [6, 6.07) is 0.104. The zero-order valence-electron chi connectivity index (χ0n) is 11.2. The number of ether oxygens (including phenoxy) is 1. The van der Waals surface area contributed by atoms with Crippen LogP contribution in [-0.2, 0) is 9.59 Å². The van der Waals surface area contributed by atoms with E-state index in [1.54, 1.807) is 0 Å². The quantitative estimate of drug-likeness (QED) is 0.836. The zero-order chi connectivity index (χ0) is 16.3. The van der Waals surface area contributed by atoms with E-state index in [1.165, 1.54) is 0 Å². The summed E-state index contributed by atoms with van der Waals surface area (Å²) >= 11 is 0. The molecule has 9 heteroatoms. The minimum atomic E-state index is -3.30. The molecule has 0 aromatic heterocycles. The molecule has 2 rings (SSSR count). The van der Waals surface area contributed by atoms with Crippen LogP contribution in [0.5, 0.6) is 5.75 Å². The van der Waals surface area contributed by atoms with Gasteiger partial charge in [0.05, 0.1) is 5.69 Å². The molecule has 1 aliphatic heterocycles. The average Bonchev–Trinajstić information content (AvgIpc) is 2.43. The molecule has 1 fully saturated rings. The van der Waals surface area contributed by atoms with Gasteiger partial charge in [-0.2, -0.15) is 8.78 Å². The Morgan fingerprint density at radius 3 is 2.68 bits per heavy atom. The molecule has 0 radical (unpaired) electrons. The van der Waals surface area contributed by atoms with Crippen molar-refractivity contribution in [2.24, 2.45) is 0 Å². The number of carbonyl (C=O) groups excluding carboxylic acids is 2. The third kappa shape index (κ3) is 3.86. The van der Waals surface area contributed by atoms with Crippen LogP contribution < -0.4 is 15.4 Å². The third-order valence-corrected chi connectivity index (χ3v) is 3.04. The largest absolute Gasteiger partial charge is 0.432 e. The van der Waals surface area contributed by atoms with Gasteiger partial charge in [0, 0.05) is 18.6 Å². The predicted octanol–water partition coefficient (Wildman–Crippen LogP) is 2.17. The number of hydrogen-bond acceptors (Lipinski definition) is 3. The summed E-state index contributed by atoms with van der Waals surface area (Å²) in [7, 11) is 0. The number of rotatable bonds is 4. The molecular formula is C13H12F4N2O3. The molecule has 1 atom stereocenters. The molecule has 1 unspecified atom stereocenters. The molecule has 1 saturated heterocycles. The highest BCUT2D eigenvalue weighted by molar-refractivity contribution is 5.97. The smallest absolute Gasteiger partial charge is 0.387 e. The topological polar surface area (TPSA) is 67.4 Å². The first-order valence-electron chi connectivity index (χ1n) is 6.41. The number of halogens is 4. The van der Waals surface area contributed by atoms with Crippen LogP contribution in [0.3, 0.4) is 0 Å². The standard InChI is InChI=1S/C13H12F4N2O3/c14-6-5-10(22-13(16)17)7(15)4-9(6)19-12(21)8-2-1-3-11(20)18-8/h4-5,8,13H,1-3H2,(H,18,20)(H,19,21). The minimum absolute atomic E-state index is 0.298.